The maximum Gasteiger partial charge on any atom is 0.300 e. The summed E-state index contributed by atoms with van der Waals surface area (Å²) in [6, 6.07) is 17.5. The highest BCUT2D eigenvalue weighted by molar-refractivity contribution is 6.51. The molecule has 1 heterocycles. The second-order valence-corrected chi connectivity index (χ2v) is 8.09. The van der Waals surface area contributed by atoms with Crippen molar-refractivity contribution in [2.45, 2.75) is 19.4 Å². The van der Waals surface area contributed by atoms with Crippen molar-refractivity contribution in [2.24, 2.45) is 0 Å². The van der Waals surface area contributed by atoms with E-state index in [0.29, 0.717) is 29.2 Å². The number of halogens is 1. The molecule has 4 rings (SSSR count). The molecule has 0 radical (unpaired) electrons. The molecule has 0 aliphatic carbocycles. The highest BCUT2D eigenvalue weighted by atomic mass is 19.1. The molecule has 7 nitrogen and oxygen atoms in total. The van der Waals surface area contributed by atoms with E-state index < -0.39 is 29.3 Å². The number of nitriles is 1. The minimum absolute atomic E-state index is 0.0526. The van der Waals surface area contributed by atoms with Gasteiger partial charge in [0.25, 0.3) is 11.7 Å². The maximum atomic E-state index is 14.1. The standard InChI is InChI=1S/C28H23FN2O5/c1-3-14-36-21-11-6-18(7-12-21)25-24(26(32)22-15-19(29)8-13-23(22)35-2)27(33)28(34)31(25)20-9-4-17(16-30)5-10-20/h4-13,15,25,32H,3,14H2,1-2H3/b26-24+. The minimum atomic E-state index is -1.02. The molecule has 1 aliphatic heterocycles. The number of hydrogen-bond acceptors (Lipinski definition) is 6. The van der Waals surface area contributed by atoms with Gasteiger partial charge >= 0.3 is 0 Å². The van der Waals surface area contributed by atoms with E-state index >= 15 is 0 Å². The predicted molar refractivity (Wildman–Crippen MR) is 131 cm³/mol. The van der Waals surface area contributed by atoms with E-state index in [2.05, 4.69) is 0 Å². The topological polar surface area (TPSA) is 99.9 Å². The molecule has 0 aromatic heterocycles. The molecule has 0 spiro atoms. The number of Topliss-reactive ketones (excluding diaryl/α,β-unsaturated/α-hetero) is 1. The van der Waals surface area contributed by atoms with Crippen LogP contribution in [-0.2, 0) is 9.59 Å². The van der Waals surface area contributed by atoms with Crippen molar-refractivity contribution in [3.05, 3.63) is 94.8 Å². The van der Waals surface area contributed by atoms with Gasteiger partial charge in [-0.05, 0) is 66.6 Å². The smallest absolute Gasteiger partial charge is 0.300 e. The van der Waals surface area contributed by atoms with Crippen molar-refractivity contribution in [3.8, 4) is 17.6 Å². The second-order valence-electron chi connectivity index (χ2n) is 8.09. The summed E-state index contributed by atoms with van der Waals surface area (Å²) in [4.78, 5) is 27.8. The Hall–Kier alpha value is -4.64. The van der Waals surface area contributed by atoms with Crippen LogP contribution in [0.15, 0.2) is 72.3 Å². The van der Waals surface area contributed by atoms with Gasteiger partial charge in [0.2, 0.25) is 0 Å². The van der Waals surface area contributed by atoms with Crippen LogP contribution in [0.1, 0.15) is 36.1 Å². The number of carbonyl (C=O) groups is 2. The highest BCUT2D eigenvalue weighted by Gasteiger charge is 2.47. The Morgan fingerprint density at radius 3 is 2.39 bits per heavy atom. The molecule has 1 atom stereocenters. The number of amides is 1. The maximum absolute atomic E-state index is 14.1. The SMILES string of the molecule is CCCOc1ccc(C2/C(=C(\O)c3cc(F)ccc3OC)C(=O)C(=O)N2c2ccc(C#N)cc2)cc1. The van der Waals surface area contributed by atoms with E-state index in [1.165, 1.54) is 30.2 Å². The lowest BCUT2D eigenvalue weighted by Crippen LogP contribution is -2.29. The zero-order valence-electron chi connectivity index (χ0n) is 19.7. The number of anilines is 1. The summed E-state index contributed by atoms with van der Waals surface area (Å²) in [5, 5.41) is 20.4. The molecular formula is C28H23FN2O5. The molecule has 1 amide bonds. The lowest BCUT2D eigenvalue weighted by molar-refractivity contribution is -0.132. The van der Waals surface area contributed by atoms with Gasteiger partial charge in [-0.2, -0.15) is 5.26 Å². The van der Waals surface area contributed by atoms with E-state index in [0.717, 1.165) is 18.6 Å². The summed E-state index contributed by atoms with van der Waals surface area (Å²) in [5.74, 6) is -2.25. The van der Waals surface area contributed by atoms with Gasteiger partial charge in [-0.1, -0.05) is 19.1 Å². The number of benzene rings is 3. The first-order chi connectivity index (χ1) is 17.4. The fourth-order valence-electron chi connectivity index (χ4n) is 4.09. The van der Waals surface area contributed by atoms with E-state index in [9.17, 15) is 19.1 Å². The normalized spacial score (nSPS) is 16.6. The van der Waals surface area contributed by atoms with Gasteiger partial charge in [-0.25, -0.2) is 4.39 Å². The Balaban J connectivity index is 1.91. The average Bonchev–Trinajstić information content (AvgIpc) is 3.17. The number of rotatable bonds is 7. The van der Waals surface area contributed by atoms with Crippen molar-refractivity contribution in [3.63, 3.8) is 0 Å². The molecule has 3 aromatic carbocycles. The Labute approximate surface area is 207 Å². The zero-order chi connectivity index (χ0) is 25.8. The zero-order valence-corrected chi connectivity index (χ0v) is 19.7. The fraction of sp³-hybridized carbons (Fsp3) is 0.179. The first kappa shape index (κ1) is 24.5. The lowest BCUT2D eigenvalue weighted by atomic mass is 9.94. The van der Waals surface area contributed by atoms with Gasteiger partial charge in [0.05, 0.1) is 42.5 Å². The number of hydrogen-bond donors (Lipinski definition) is 1. The van der Waals surface area contributed by atoms with E-state index in [1.54, 1.807) is 36.4 Å². The van der Waals surface area contributed by atoms with E-state index in [1.807, 2.05) is 13.0 Å². The summed E-state index contributed by atoms with van der Waals surface area (Å²) in [5.41, 5.74) is 1.00. The van der Waals surface area contributed by atoms with Crippen LogP contribution in [0.25, 0.3) is 5.76 Å². The van der Waals surface area contributed by atoms with Crippen LogP contribution in [0, 0.1) is 17.1 Å². The van der Waals surface area contributed by atoms with E-state index in [-0.39, 0.29) is 16.9 Å². The van der Waals surface area contributed by atoms with E-state index in [4.69, 9.17) is 14.7 Å². The lowest BCUT2D eigenvalue weighted by Gasteiger charge is -2.25. The summed E-state index contributed by atoms with van der Waals surface area (Å²) >= 11 is 0. The molecule has 1 N–H and O–H groups in total. The number of carbonyl (C=O) groups excluding carboxylic acids is 2. The van der Waals surface area contributed by atoms with Gasteiger partial charge in [-0.15, -0.1) is 0 Å². The first-order valence-corrected chi connectivity index (χ1v) is 11.3. The molecule has 182 valence electrons. The quantitative estimate of drug-likeness (QED) is 0.283. The summed E-state index contributed by atoms with van der Waals surface area (Å²) in [6.07, 6.45) is 0.829. The molecular weight excluding hydrogens is 463 g/mol. The summed E-state index contributed by atoms with van der Waals surface area (Å²) < 4.78 is 25.0. The van der Waals surface area contributed by atoms with Crippen LogP contribution >= 0.6 is 0 Å². The molecule has 36 heavy (non-hydrogen) atoms. The third-order valence-corrected chi connectivity index (χ3v) is 5.80. The number of aliphatic hydroxyl groups excluding tert-OH is 1. The Morgan fingerprint density at radius 1 is 1.08 bits per heavy atom. The fourth-order valence-corrected chi connectivity index (χ4v) is 4.09. The Kier molecular flexibility index (Phi) is 7.02. The minimum Gasteiger partial charge on any atom is -0.507 e. The third-order valence-electron chi connectivity index (χ3n) is 5.80. The van der Waals surface area contributed by atoms with Crippen LogP contribution in [0.3, 0.4) is 0 Å². The van der Waals surface area contributed by atoms with Crippen LogP contribution in [-0.4, -0.2) is 30.5 Å². The van der Waals surface area contributed by atoms with Crippen LogP contribution in [0.5, 0.6) is 11.5 Å². The molecule has 3 aromatic rings. The number of ketones is 1. The number of methoxy groups -OCH3 is 1. The predicted octanol–water partition coefficient (Wildman–Crippen LogP) is 5.12. The summed E-state index contributed by atoms with van der Waals surface area (Å²) in [7, 11) is 1.35. The van der Waals surface area contributed by atoms with Gasteiger partial charge in [0.15, 0.2) is 0 Å². The van der Waals surface area contributed by atoms with Crippen LogP contribution < -0.4 is 14.4 Å². The van der Waals surface area contributed by atoms with Crippen molar-refractivity contribution in [2.75, 3.05) is 18.6 Å². The average molecular weight is 486 g/mol. The molecule has 0 saturated carbocycles. The van der Waals surface area contributed by atoms with Crippen LogP contribution in [0.2, 0.25) is 0 Å². The first-order valence-electron chi connectivity index (χ1n) is 11.3. The molecule has 0 bridgehead atoms. The molecule has 8 heteroatoms. The Bertz CT molecular complexity index is 1370. The number of nitrogens with zero attached hydrogens (tertiary/aromatic N) is 2. The molecule has 1 saturated heterocycles. The van der Waals surface area contributed by atoms with Crippen molar-refractivity contribution in [1.29, 1.82) is 5.26 Å². The number of aliphatic hydroxyl groups is 1. The monoisotopic (exact) mass is 486 g/mol. The summed E-state index contributed by atoms with van der Waals surface area (Å²) in [6.45, 7) is 2.52. The van der Waals surface area contributed by atoms with Crippen LogP contribution in [0.4, 0.5) is 10.1 Å². The van der Waals surface area contributed by atoms with Crippen molar-refractivity contribution >= 4 is 23.1 Å². The van der Waals surface area contributed by atoms with Gasteiger partial charge in [-0.3, -0.25) is 14.5 Å². The molecule has 1 unspecified atom stereocenters. The van der Waals surface area contributed by atoms with Gasteiger partial charge < -0.3 is 14.6 Å². The van der Waals surface area contributed by atoms with Gasteiger partial charge in [0.1, 0.15) is 23.1 Å². The van der Waals surface area contributed by atoms with Gasteiger partial charge in [0, 0.05) is 5.69 Å². The second kappa shape index (κ2) is 10.3. The molecule has 1 aliphatic rings. The van der Waals surface area contributed by atoms with Crippen molar-refractivity contribution in [1.82, 2.24) is 0 Å². The number of ether oxygens (including phenoxy) is 2. The van der Waals surface area contributed by atoms with Crippen molar-refractivity contribution < 1.29 is 28.6 Å². The third kappa shape index (κ3) is 4.51. The Morgan fingerprint density at radius 2 is 1.78 bits per heavy atom. The highest BCUT2D eigenvalue weighted by Crippen LogP contribution is 2.43. The largest absolute Gasteiger partial charge is 0.507 e. The molecule has 1 fully saturated rings.